The molecule has 0 unspecified atom stereocenters. The lowest BCUT2D eigenvalue weighted by Crippen LogP contribution is -2.69. The Labute approximate surface area is 354 Å². The van der Waals surface area contributed by atoms with Crippen molar-refractivity contribution in [3.05, 3.63) is 96.6 Å². The number of nitrogens with zero attached hydrogens (tertiary/aromatic N) is 2. The monoisotopic (exact) mass is 813 g/mol. The maximum Gasteiger partial charge on any atom is 0.239 e. The zero-order valence-electron chi connectivity index (χ0n) is 36.0. The maximum atomic E-state index is 14.4. The van der Waals surface area contributed by atoms with Crippen molar-refractivity contribution < 1.29 is 34.1 Å². The van der Waals surface area contributed by atoms with Gasteiger partial charge >= 0.3 is 0 Å². The van der Waals surface area contributed by atoms with Crippen molar-refractivity contribution in [3.63, 3.8) is 0 Å². The summed E-state index contributed by atoms with van der Waals surface area (Å²) in [6, 6.07) is 15.5. The molecule has 0 saturated heterocycles. The number of rotatable bonds is 28. The van der Waals surface area contributed by atoms with Gasteiger partial charge in [0.1, 0.15) is 30.8 Å². The van der Waals surface area contributed by atoms with Crippen LogP contribution in [0.4, 0.5) is 0 Å². The molecule has 0 spiro atoms. The Kier molecular flexibility index (Phi) is 19.1. The van der Waals surface area contributed by atoms with Gasteiger partial charge in [0.15, 0.2) is 0 Å². The number of benzene rings is 2. The van der Waals surface area contributed by atoms with Crippen LogP contribution in [0.3, 0.4) is 0 Å². The summed E-state index contributed by atoms with van der Waals surface area (Å²) in [6.07, 6.45) is 22.3. The summed E-state index contributed by atoms with van der Waals surface area (Å²) in [6.45, 7) is 11.3. The number of aliphatic hydroxyl groups excluding tert-OH is 2. The van der Waals surface area contributed by atoms with Gasteiger partial charge in [0.2, 0.25) is 11.7 Å². The Morgan fingerprint density at radius 2 is 1.59 bits per heavy atom. The topological polar surface area (TPSA) is 110 Å². The van der Waals surface area contributed by atoms with Gasteiger partial charge in [-0.25, -0.2) is 0 Å². The van der Waals surface area contributed by atoms with Crippen molar-refractivity contribution in [2.45, 2.75) is 140 Å². The lowest BCUT2D eigenvalue weighted by molar-refractivity contribution is -0.255. The van der Waals surface area contributed by atoms with E-state index in [-0.39, 0.29) is 49.4 Å². The summed E-state index contributed by atoms with van der Waals surface area (Å²) < 4.78 is 20.4. The fourth-order valence-electron chi connectivity index (χ4n) is 9.67. The molecule has 2 aliphatic carbocycles. The zero-order chi connectivity index (χ0) is 41.9. The number of carbonyl (C=O) groups is 1. The normalized spacial score (nSPS) is 23.7. The minimum Gasteiger partial charge on any atom is -0.490 e. The molecule has 6 atom stereocenters. The van der Waals surface area contributed by atoms with Crippen LogP contribution in [-0.2, 0) is 21.0 Å². The first-order valence-electron chi connectivity index (χ1n) is 22.7. The maximum absolute atomic E-state index is 14.4. The van der Waals surface area contributed by atoms with Crippen LogP contribution >= 0.6 is 0 Å². The van der Waals surface area contributed by atoms with E-state index in [0.717, 1.165) is 79.5 Å². The highest BCUT2D eigenvalue weighted by Gasteiger charge is 2.65. The van der Waals surface area contributed by atoms with E-state index in [1.807, 2.05) is 54.4 Å². The number of ether oxygens (including phenoxy) is 3. The lowest BCUT2D eigenvalue weighted by atomic mass is 9.55. The quantitative estimate of drug-likeness (QED) is 0.0500. The number of allylic oxidation sites excluding steroid dienone is 1. The average molecular weight is 813 g/mol. The molecule has 3 aliphatic rings. The summed E-state index contributed by atoms with van der Waals surface area (Å²) in [5, 5.41) is 24.7. The largest absolute Gasteiger partial charge is 0.490 e. The van der Waals surface area contributed by atoms with Crippen LogP contribution in [0.15, 0.2) is 90.6 Å². The highest BCUT2D eigenvalue weighted by atomic mass is 16.7. The highest BCUT2D eigenvalue weighted by molar-refractivity contribution is 6.03. The van der Waals surface area contributed by atoms with E-state index in [1.54, 1.807) is 12.2 Å². The fourth-order valence-corrected chi connectivity index (χ4v) is 9.67. The fraction of sp³-hybridized carbons (Fsp3) is 0.600. The molecule has 0 bridgehead atoms. The van der Waals surface area contributed by atoms with E-state index < -0.39 is 11.8 Å². The molecule has 0 aromatic heterocycles. The molecule has 1 heterocycles. The van der Waals surface area contributed by atoms with Gasteiger partial charge in [-0.05, 0) is 73.3 Å². The smallest absolute Gasteiger partial charge is 0.239 e. The second-order valence-electron chi connectivity index (χ2n) is 16.7. The van der Waals surface area contributed by atoms with E-state index in [9.17, 15) is 15.0 Å². The second kappa shape index (κ2) is 24.4. The van der Waals surface area contributed by atoms with Gasteiger partial charge in [0.25, 0.3) is 0 Å². The Morgan fingerprint density at radius 3 is 2.29 bits per heavy atom. The molecule has 9 nitrogen and oxygen atoms in total. The second-order valence-corrected chi connectivity index (χ2v) is 16.7. The van der Waals surface area contributed by atoms with E-state index in [4.69, 9.17) is 24.2 Å². The van der Waals surface area contributed by atoms with Gasteiger partial charge < -0.3 is 34.2 Å². The van der Waals surface area contributed by atoms with Crippen LogP contribution in [0, 0.1) is 17.8 Å². The van der Waals surface area contributed by atoms with Crippen molar-refractivity contribution in [2.75, 3.05) is 33.5 Å². The van der Waals surface area contributed by atoms with E-state index in [0.29, 0.717) is 38.2 Å². The molecular formula is C50H72N2O7. The number of likely N-dealkylation sites (N-methyl/N-ethyl adjacent to an activating group) is 1. The van der Waals surface area contributed by atoms with E-state index >= 15 is 0 Å². The third-order valence-electron chi connectivity index (χ3n) is 12.6. The third-order valence-corrected chi connectivity index (χ3v) is 12.6. The van der Waals surface area contributed by atoms with Gasteiger partial charge in [0, 0.05) is 44.6 Å². The predicted molar refractivity (Wildman–Crippen MR) is 236 cm³/mol. The number of hydrogen-bond donors (Lipinski definition) is 2. The SMILES string of the molecule is C=CCOc1ccc2c(c1)[C@H]1[C@H](CCCCO)[C@@H](CCCCO)C=C3C(=NOCc4ccccc4)C[C@H](N(C)C(=O)CCCCCCCCCCC)[C@@](OCC=C)(O2)[C@H]31. The molecule has 9 heteroatoms. The minimum absolute atomic E-state index is 0.0628. The first-order valence-corrected chi connectivity index (χ1v) is 22.7. The van der Waals surface area contributed by atoms with Crippen LogP contribution in [0.5, 0.6) is 11.5 Å². The third kappa shape index (κ3) is 12.1. The first kappa shape index (κ1) is 46.2. The van der Waals surface area contributed by atoms with E-state index in [2.05, 4.69) is 32.2 Å². The summed E-state index contributed by atoms with van der Waals surface area (Å²) >= 11 is 0. The molecule has 1 amide bonds. The number of unbranched alkanes of at least 4 members (excludes halogenated alkanes) is 10. The zero-order valence-corrected chi connectivity index (χ0v) is 36.0. The molecule has 1 saturated carbocycles. The highest BCUT2D eigenvalue weighted by Crippen LogP contribution is 2.61. The van der Waals surface area contributed by atoms with Crippen molar-refractivity contribution in [2.24, 2.45) is 22.9 Å². The van der Waals surface area contributed by atoms with E-state index in [1.165, 1.54) is 38.5 Å². The lowest BCUT2D eigenvalue weighted by Gasteiger charge is -2.59. The average Bonchev–Trinajstić information content (AvgIpc) is 3.25. The predicted octanol–water partition coefficient (Wildman–Crippen LogP) is 10.5. The molecule has 1 fully saturated rings. The molecule has 0 radical (unpaired) electrons. The van der Waals surface area contributed by atoms with Gasteiger partial charge in [-0.15, -0.1) is 6.58 Å². The Bertz CT molecular complexity index is 1660. The number of aliphatic hydroxyl groups is 2. The van der Waals surface area contributed by atoms with Crippen molar-refractivity contribution in [1.29, 1.82) is 0 Å². The van der Waals surface area contributed by atoms with Gasteiger partial charge in [0.05, 0.1) is 18.2 Å². The molecule has 2 aromatic carbocycles. The van der Waals surface area contributed by atoms with Crippen LogP contribution in [0.2, 0.25) is 0 Å². The Morgan fingerprint density at radius 1 is 0.898 bits per heavy atom. The number of fused-ring (bicyclic) bond motifs is 2. The molecular weight excluding hydrogens is 741 g/mol. The van der Waals surface area contributed by atoms with Gasteiger partial charge in [-0.3, -0.25) is 4.79 Å². The summed E-state index contributed by atoms with van der Waals surface area (Å²) in [4.78, 5) is 22.4. The number of hydrogen-bond acceptors (Lipinski definition) is 8. The Balaban J connectivity index is 1.58. The van der Waals surface area contributed by atoms with Crippen molar-refractivity contribution in [1.82, 2.24) is 4.90 Å². The number of amides is 1. The van der Waals surface area contributed by atoms with Crippen LogP contribution in [-0.4, -0.2) is 72.0 Å². The first-order chi connectivity index (χ1) is 28.9. The molecule has 59 heavy (non-hydrogen) atoms. The summed E-state index contributed by atoms with van der Waals surface area (Å²) in [5.41, 5.74) is 3.88. The van der Waals surface area contributed by atoms with Crippen molar-refractivity contribution in [3.8, 4) is 11.5 Å². The van der Waals surface area contributed by atoms with Gasteiger partial charge in [-0.1, -0.05) is 131 Å². The summed E-state index contributed by atoms with van der Waals surface area (Å²) in [5.74, 6) is 0.102. The van der Waals surface area contributed by atoms with Gasteiger partial charge in [-0.2, -0.15) is 0 Å². The molecule has 1 aliphatic heterocycles. The van der Waals surface area contributed by atoms with Crippen LogP contribution in [0.1, 0.15) is 133 Å². The number of carbonyl (C=O) groups excluding carboxylic acids is 1. The molecule has 5 rings (SSSR count). The minimum atomic E-state index is -1.26. The van der Waals surface area contributed by atoms with Crippen molar-refractivity contribution >= 4 is 11.6 Å². The standard InChI is InChI=1S/C50H72N2O7/c1-5-8-9-10-11-12-13-14-18-27-47(55)52(4)46-36-44(51-58-37-38-23-16-15-17-24-38)42-34-39(25-19-21-30-53)41(26-20-22-31-54)48-43-35-40(56-32-6-2)28-29-45(43)59-50(46,49(42)48)57-33-7-3/h6-7,15-17,23-24,28-29,34-35,39,41,46,48-49,53-54H,2-3,5,8-14,18-22,25-27,30-33,36-37H2,1,4H3/t39-,41+,46-,48+,49+,50+/m0/s1. The number of oxime groups is 1. The summed E-state index contributed by atoms with van der Waals surface area (Å²) in [7, 11) is 1.90. The molecule has 2 N–H and O–H groups in total. The molecule has 324 valence electrons. The van der Waals surface area contributed by atoms with Crippen LogP contribution < -0.4 is 9.47 Å². The molecule has 2 aromatic rings. The Hall–Kier alpha value is -3.92. The van der Waals surface area contributed by atoms with Crippen LogP contribution in [0.25, 0.3) is 0 Å².